The lowest BCUT2D eigenvalue weighted by Crippen LogP contribution is -2.16. The zero-order valence-corrected chi connectivity index (χ0v) is 10.1. The van der Waals surface area contributed by atoms with Crippen molar-refractivity contribution in [2.24, 2.45) is 0 Å². The first-order chi connectivity index (χ1) is 8.74. The molecule has 0 fully saturated rings. The molecule has 1 aromatic rings. The van der Waals surface area contributed by atoms with E-state index in [1.165, 1.54) is 18.4 Å². The topological polar surface area (TPSA) is 55.4 Å². The van der Waals surface area contributed by atoms with E-state index in [9.17, 15) is 9.59 Å². The summed E-state index contributed by atoms with van der Waals surface area (Å²) in [5, 5.41) is 2.58. The molecule has 1 aromatic carbocycles. The van der Waals surface area contributed by atoms with Crippen LogP contribution >= 0.6 is 0 Å². The van der Waals surface area contributed by atoms with E-state index in [0.29, 0.717) is 12.2 Å². The minimum absolute atomic E-state index is 0.198. The summed E-state index contributed by atoms with van der Waals surface area (Å²) in [7, 11) is 0. The summed E-state index contributed by atoms with van der Waals surface area (Å²) in [6.45, 7) is 2.08. The van der Waals surface area contributed by atoms with Crippen LogP contribution in [-0.2, 0) is 9.53 Å². The Labute approximate surface area is 106 Å². The first-order valence-corrected chi connectivity index (χ1v) is 5.60. The molecule has 0 aliphatic heterocycles. The average molecular weight is 245 g/mol. The molecule has 1 N–H and O–H groups in total. The van der Waals surface area contributed by atoms with Crippen molar-refractivity contribution < 1.29 is 14.3 Å². The highest BCUT2D eigenvalue weighted by atomic mass is 16.5. The van der Waals surface area contributed by atoms with Gasteiger partial charge in [-0.15, -0.1) is 0 Å². The SMILES string of the molecule is CCOC(=O)/C=C/C=C/NC(=O)c1ccccc1. The summed E-state index contributed by atoms with van der Waals surface area (Å²) in [5.41, 5.74) is 0.580. The maximum absolute atomic E-state index is 11.6. The second-order valence-corrected chi connectivity index (χ2v) is 3.31. The summed E-state index contributed by atoms with van der Waals surface area (Å²) in [4.78, 5) is 22.5. The van der Waals surface area contributed by atoms with Gasteiger partial charge in [0.25, 0.3) is 5.91 Å². The number of ether oxygens (including phenoxy) is 1. The fourth-order valence-electron chi connectivity index (χ4n) is 1.18. The summed E-state index contributed by atoms with van der Waals surface area (Å²) in [6.07, 6.45) is 5.81. The second kappa shape index (κ2) is 7.84. The molecular weight excluding hydrogens is 230 g/mol. The maximum Gasteiger partial charge on any atom is 0.330 e. The third-order valence-corrected chi connectivity index (χ3v) is 1.98. The molecule has 0 aliphatic carbocycles. The molecule has 0 aromatic heterocycles. The molecule has 1 rings (SSSR count). The number of carbonyl (C=O) groups excluding carboxylic acids is 2. The quantitative estimate of drug-likeness (QED) is 0.490. The van der Waals surface area contributed by atoms with Crippen LogP contribution in [0.25, 0.3) is 0 Å². The van der Waals surface area contributed by atoms with Crippen LogP contribution in [0.2, 0.25) is 0 Å². The van der Waals surface area contributed by atoms with Crippen LogP contribution < -0.4 is 5.32 Å². The molecule has 94 valence electrons. The maximum atomic E-state index is 11.6. The molecule has 0 spiro atoms. The lowest BCUT2D eigenvalue weighted by molar-refractivity contribution is -0.137. The number of nitrogens with one attached hydrogen (secondary N) is 1. The molecule has 4 heteroatoms. The van der Waals surface area contributed by atoms with Crippen LogP contribution in [0.4, 0.5) is 0 Å². The number of benzene rings is 1. The predicted molar refractivity (Wildman–Crippen MR) is 68.8 cm³/mol. The van der Waals surface area contributed by atoms with E-state index in [0.717, 1.165) is 0 Å². The van der Waals surface area contributed by atoms with Crippen molar-refractivity contribution in [2.75, 3.05) is 6.61 Å². The van der Waals surface area contributed by atoms with E-state index < -0.39 is 5.97 Å². The van der Waals surface area contributed by atoms with E-state index in [1.807, 2.05) is 6.07 Å². The number of amides is 1. The van der Waals surface area contributed by atoms with E-state index in [2.05, 4.69) is 5.32 Å². The highest BCUT2D eigenvalue weighted by Gasteiger charge is 1.99. The lowest BCUT2D eigenvalue weighted by Gasteiger charge is -1.98. The smallest absolute Gasteiger partial charge is 0.330 e. The summed E-state index contributed by atoms with van der Waals surface area (Å²) in [6, 6.07) is 8.86. The minimum Gasteiger partial charge on any atom is -0.463 e. The Bertz CT molecular complexity index is 449. The fourth-order valence-corrected chi connectivity index (χ4v) is 1.18. The van der Waals surface area contributed by atoms with Crippen LogP contribution in [-0.4, -0.2) is 18.5 Å². The van der Waals surface area contributed by atoms with Gasteiger partial charge in [0.05, 0.1) is 6.61 Å². The molecule has 4 nitrogen and oxygen atoms in total. The molecule has 0 atom stereocenters. The third-order valence-electron chi connectivity index (χ3n) is 1.98. The van der Waals surface area contributed by atoms with E-state index in [1.54, 1.807) is 37.3 Å². The zero-order valence-electron chi connectivity index (χ0n) is 10.1. The van der Waals surface area contributed by atoms with Gasteiger partial charge in [-0.2, -0.15) is 0 Å². The van der Waals surface area contributed by atoms with Crippen molar-refractivity contribution in [3.05, 3.63) is 60.3 Å². The molecular formula is C14H15NO3. The van der Waals surface area contributed by atoms with Gasteiger partial charge in [0.2, 0.25) is 0 Å². The molecule has 1 amide bonds. The Balaban J connectivity index is 2.37. The van der Waals surface area contributed by atoms with Gasteiger partial charge in [-0.25, -0.2) is 4.79 Å². The molecule has 0 unspecified atom stereocenters. The zero-order chi connectivity index (χ0) is 13.2. The average Bonchev–Trinajstić information content (AvgIpc) is 2.39. The Morgan fingerprint density at radius 2 is 1.94 bits per heavy atom. The largest absolute Gasteiger partial charge is 0.463 e. The normalized spacial score (nSPS) is 10.7. The molecule has 0 aliphatic rings. The van der Waals surface area contributed by atoms with Crippen molar-refractivity contribution in [3.8, 4) is 0 Å². The minimum atomic E-state index is -0.406. The third kappa shape index (κ3) is 5.12. The van der Waals surface area contributed by atoms with Crippen LogP contribution in [0, 0.1) is 0 Å². The van der Waals surface area contributed by atoms with Gasteiger partial charge < -0.3 is 10.1 Å². The number of esters is 1. The van der Waals surface area contributed by atoms with E-state index in [-0.39, 0.29) is 5.91 Å². The molecule has 18 heavy (non-hydrogen) atoms. The summed E-state index contributed by atoms with van der Waals surface area (Å²) < 4.78 is 4.69. The van der Waals surface area contributed by atoms with Crippen molar-refractivity contribution in [1.29, 1.82) is 0 Å². The van der Waals surface area contributed by atoms with Crippen molar-refractivity contribution >= 4 is 11.9 Å². The molecule has 0 radical (unpaired) electrons. The number of rotatable bonds is 5. The highest BCUT2D eigenvalue weighted by molar-refractivity contribution is 5.94. The summed E-state index contributed by atoms with van der Waals surface area (Å²) >= 11 is 0. The van der Waals surface area contributed by atoms with E-state index >= 15 is 0 Å². The summed E-state index contributed by atoms with van der Waals surface area (Å²) in [5.74, 6) is -0.604. The Morgan fingerprint density at radius 3 is 2.61 bits per heavy atom. The van der Waals surface area contributed by atoms with Crippen LogP contribution in [0.3, 0.4) is 0 Å². The molecule has 0 heterocycles. The van der Waals surface area contributed by atoms with Crippen molar-refractivity contribution in [3.63, 3.8) is 0 Å². The number of carbonyl (C=O) groups is 2. The van der Waals surface area contributed by atoms with Gasteiger partial charge in [-0.1, -0.05) is 24.3 Å². The number of hydrogen-bond donors (Lipinski definition) is 1. The first kappa shape index (κ1) is 13.7. The second-order valence-electron chi connectivity index (χ2n) is 3.31. The van der Waals surface area contributed by atoms with Gasteiger partial charge >= 0.3 is 5.97 Å². The predicted octanol–water partition coefficient (Wildman–Crippen LogP) is 2.05. The van der Waals surface area contributed by atoms with Gasteiger partial charge in [-0.05, 0) is 25.1 Å². The monoisotopic (exact) mass is 245 g/mol. The lowest BCUT2D eigenvalue weighted by atomic mass is 10.2. The van der Waals surface area contributed by atoms with Gasteiger partial charge in [0.1, 0.15) is 0 Å². The van der Waals surface area contributed by atoms with Crippen LogP contribution in [0.5, 0.6) is 0 Å². The van der Waals surface area contributed by atoms with E-state index in [4.69, 9.17) is 4.74 Å². The molecule has 0 bridgehead atoms. The van der Waals surface area contributed by atoms with Gasteiger partial charge in [0.15, 0.2) is 0 Å². The Kier molecular flexibility index (Phi) is 5.97. The Hall–Kier alpha value is -2.36. The molecule has 0 saturated carbocycles. The number of hydrogen-bond acceptors (Lipinski definition) is 3. The van der Waals surface area contributed by atoms with Crippen LogP contribution in [0.1, 0.15) is 17.3 Å². The van der Waals surface area contributed by atoms with Crippen LogP contribution in [0.15, 0.2) is 54.8 Å². The molecule has 0 saturated heterocycles. The number of allylic oxidation sites excluding steroid dienone is 2. The standard InChI is InChI=1S/C14H15NO3/c1-2-18-13(16)10-6-7-11-15-14(17)12-8-4-3-5-9-12/h3-11H,2H2,1H3,(H,15,17)/b10-6+,11-7+. The van der Waals surface area contributed by atoms with Gasteiger partial charge in [-0.3, -0.25) is 4.79 Å². The first-order valence-electron chi connectivity index (χ1n) is 5.60. The van der Waals surface area contributed by atoms with Gasteiger partial charge in [0, 0.05) is 17.8 Å². The van der Waals surface area contributed by atoms with Crippen molar-refractivity contribution in [2.45, 2.75) is 6.92 Å². The Morgan fingerprint density at radius 1 is 1.22 bits per heavy atom. The fraction of sp³-hybridized carbons (Fsp3) is 0.143. The van der Waals surface area contributed by atoms with Crippen molar-refractivity contribution in [1.82, 2.24) is 5.32 Å². The highest BCUT2D eigenvalue weighted by Crippen LogP contribution is 1.97.